The van der Waals surface area contributed by atoms with Gasteiger partial charge in [-0.2, -0.15) is 0 Å². The highest BCUT2D eigenvalue weighted by Crippen LogP contribution is 2.22. The maximum atomic E-state index is 12.8. The largest absolute Gasteiger partial charge is 0.489 e. The first-order valence-electron chi connectivity index (χ1n) is 5.63. The Kier molecular flexibility index (Phi) is 3.81. The minimum atomic E-state index is -0.358. The molecule has 17 heavy (non-hydrogen) atoms. The van der Waals surface area contributed by atoms with Gasteiger partial charge in [0.05, 0.1) is 12.3 Å². The van der Waals surface area contributed by atoms with Crippen LogP contribution < -0.4 is 10.5 Å². The highest BCUT2D eigenvalue weighted by atomic mass is 19.1. The predicted octanol–water partition coefficient (Wildman–Crippen LogP) is 1.12. The van der Waals surface area contributed by atoms with Gasteiger partial charge in [-0.05, 0) is 19.2 Å². The Hall–Kier alpha value is -1.33. The fourth-order valence-electron chi connectivity index (χ4n) is 1.80. The van der Waals surface area contributed by atoms with Gasteiger partial charge in [-0.3, -0.25) is 0 Å². The van der Waals surface area contributed by atoms with E-state index in [-0.39, 0.29) is 11.9 Å². The molecule has 94 valence electrons. The topological polar surface area (TPSA) is 47.7 Å². The molecule has 5 heteroatoms. The highest BCUT2D eigenvalue weighted by molar-refractivity contribution is 5.52. The molecule has 2 N–H and O–H groups in total. The van der Waals surface area contributed by atoms with E-state index in [0.29, 0.717) is 24.7 Å². The number of hydrogen-bond acceptors (Lipinski definition) is 4. The molecule has 0 aromatic heterocycles. The predicted molar refractivity (Wildman–Crippen MR) is 63.5 cm³/mol. The van der Waals surface area contributed by atoms with Crippen molar-refractivity contribution in [3.63, 3.8) is 0 Å². The molecule has 1 saturated heterocycles. The summed E-state index contributed by atoms with van der Waals surface area (Å²) in [5, 5.41) is 0. The zero-order valence-electron chi connectivity index (χ0n) is 9.86. The Morgan fingerprint density at radius 1 is 1.59 bits per heavy atom. The fraction of sp³-hybridized carbons (Fsp3) is 0.500. The average molecular weight is 240 g/mol. The molecular formula is C12H17FN2O2. The van der Waals surface area contributed by atoms with Gasteiger partial charge in [0.15, 0.2) is 0 Å². The number of nitrogen functional groups attached to an aromatic ring is 1. The van der Waals surface area contributed by atoms with E-state index in [4.69, 9.17) is 15.2 Å². The smallest absolute Gasteiger partial charge is 0.142 e. The van der Waals surface area contributed by atoms with Gasteiger partial charge in [0.1, 0.15) is 24.3 Å². The number of ether oxygens (including phenoxy) is 2. The lowest BCUT2D eigenvalue weighted by molar-refractivity contribution is -0.0402. The highest BCUT2D eigenvalue weighted by Gasteiger charge is 2.18. The molecule has 0 bridgehead atoms. The molecule has 1 heterocycles. The van der Waals surface area contributed by atoms with Crippen LogP contribution in [0.2, 0.25) is 0 Å². The number of likely N-dealkylation sites (N-methyl/N-ethyl adjacent to an activating group) is 1. The van der Waals surface area contributed by atoms with Crippen LogP contribution in [-0.4, -0.2) is 44.4 Å². The summed E-state index contributed by atoms with van der Waals surface area (Å²) >= 11 is 0. The maximum absolute atomic E-state index is 12.8. The van der Waals surface area contributed by atoms with Crippen molar-refractivity contribution in [2.75, 3.05) is 39.1 Å². The second kappa shape index (κ2) is 5.33. The van der Waals surface area contributed by atoms with Crippen molar-refractivity contribution in [2.45, 2.75) is 6.10 Å². The van der Waals surface area contributed by atoms with Crippen molar-refractivity contribution in [1.29, 1.82) is 0 Å². The van der Waals surface area contributed by atoms with Gasteiger partial charge >= 0.3 is 0 Å². The first kappa shape index (κ1) is 12.1. The third kappa shape index (κ3) is 3.31. The van der Waals surface area contributed by atoms with E-state index in [2.05, 4.69) is 4.90 Å². The minimum Gasteiger partial charge on any atom is -0.489 e. The van der Waals surface area contributed by atoms with Gasteiger partial charge in [-0.25, -0.2) is 4.39 Å². The van der Waals surface area contributed by atoms with Crippen LogP contribution in [-0.2, 0) is 4.74 Å². The van der Waals surface area contributed by atoms with Crippen LogP contribution in [0.1, 0.15) is 0 Å². The number of anilines is 1. The number of hydrogen-bond donors (Lipinski definition) is 1. The average Bonchev–Trinajstić information content (AvgIpc) is 2.28. The van der Waals surface area contributed by atoms with E-state index in [1.807, 2.05) is 7.05 Å². The zero-order valence-corrected chi connectivity index (χ0v) is 9.86. The molecule has 1 unspecified atom stereocenters. The Labute approximate surface area is 100 Å². The van der Waals surface area contributed by atoms with Gasteiger partial charge in [-0.15, -0.1) is 0 Å². The molecule has 0 spiro atoms. The number of halogens is 1. The molecule has 1 aliphatic heterocycles. The lowest BCUT2D eigenvalue weighted by atomic mass is 10.3. The summed E-state index contributed by atoms with van der Waals surface area (Å²) < 4.78 is 23.9. The van der Waals surface area contributed by atoms with Gasteiger partial charge in [0.25, 0.3) is 0 Å². The molecule has 0 amide bonds. The van der Waals surface area contributed by atoms with Crippen molar-refractivity contribution in [3.8, 4) is 5.75 Å². The van der Waals surface area contributed by atoms with Gasteiger partial charge in [0.2, 0.25) is 0 Å². The summed E-state index contributed by atoms with van der Waals surface area (Å²) in [6.45, 7) is 2.92. The van der Waals surface area contributed by atoms with Crippen molar-refractivity contribution in [1.82, 2.24) is 4.90 Å². The number of benzene rings is 1. The van der Waals surface area contributed by atoms with Crippen LogP contribution in [0.15, 0.2) is 18.2 Å². The normalized spacial score (nSPS) is 21.4. The molecule has 1 aromatic rings. The molecule has 1 aliphatic rings. The Balaban J connectivity index is 1.88. The van der Waals surface area contributed by atoms with Crippen molar-refractivity contribution in [3.05, 3.63) is 24.0 Å². The van der Waals surface area contributed by atoms with E-state index in [9.17, 15) is 4.39 Å². The quantitative estimate of drug-likeness (QED) is 0.804. The second-order valence-corrected chi connectivity index (χ2v) is 4.25. The van der Waals surface area contributed by atoms with Crippen LogP contribution in [0.3, 0.4) is 0 Å². The second-order valence-electron chi connectivity index (χ2n) is 4.25. The molecule has 1 aromatic carbocycles. The summed E-state index contributed by atoms with van der Waals surface area (Å²) in [5.74, 6) is 0.145. The first-order chi connectivity index (χ1) is 8.15. The lowest BCUT2D eigenvalue weighted by Crippen LogP contribution is -2.42. The van der Waals surface area contributed by atoms with E-state index in [0.717, 1.165) is 13.1 Å². The third-order valence-electron chi connectivity index (χ3n) is 2.74. The lowest BCUT2D eigenvalue weighted by Gasteiger charge is -2.29. The third-order valence-corrected chi connectivity index (χ3v) is 2.74. The SMILES string of the molecule is CN1CCOC(COc2ccc(F)cc2N)C1. The number of morpholine rings is 1. The summed E-state index contributed by atoms with van der Waals surface area (Å²) in [5.41, 5.74) is 5.96. The van der Waals surface area contributed by atoms with Crippen molar-refractivity contribution in [2.24, 2.45) is 0 Å². The number of nitrogens with two attached hydrogens (primary N) is 1. The van der Waals surface area contributed by atoms with Crippen LogP contribution in [0.25, 0.3) is 0 Å². The molecule has 0 radical (unpaired) electrons. The molecule has 4 nitrogen and oxygen atoms in total. The summed E-state index contributed by atoms with van der Waals surface area (Å²) in [4.78, 5) is 2.19. The van der Waals surface area contributed by atoms with Gasteiger partial charge in [0, 0.05) is 19.2 Å². The fourth-order valence-corrected chi connectivity index (χ4v) is 1.80. The van der Waals surface area contributed by atoms with Gasteiger partial charge in [-0.1, -0.05) is 0 Å². The molecule has 0 aliphatic carbocycles. The van der Waals surface area contributed by atoms with E-state index in [1.54, 1.807) is 0 Å². The van der Waals surface area contributed by atoms with Crippen LogP contribution in [0, 0.1) is 5.82 Å². The van der Waals surface area contributed by atoms with Crippen LogP contribution in [0.5, 0.6) is 5.75 Å². The Morgan fingerprint density at radius 2 is 2.41 bits per heavy atom. The van der Waals surface area contributed by atoms with E-state index < -0.39 is 0 Å². The Morgan fingerprint density at radius 3 is 3.12 bits per heavy atom. The molecule has 1 atom stereocenters. The zero-order chi connectivity index (χ0) is 12.3. The van der Waals surface area contributed by atoms with Crippen molar-refractivity contribution >= 4 is 5.69 Å². The Bertz CT molecular complexity index is 387. The van der Waals surface area contributed by atoms with E-state index in [1.165, 1.54) is 18.2 Å². The molecule has 0 saturated carbocycles. The number of rotatable bonds is 3. The number of nitrogens with zero attached hydrogens (tertiary/aromatic N) is 1. The van der Waals surface area contributed by atoms with Crippen molar-refractivity contribution < 1.29 is 13.9 Å². The summed E-state index contributed by atoms with van der Waals surface area (Å²) in [6, 6.07) is 4.12. The first-order valence-corrected chi connectivity index (χ1v) is 5.63. The van der Waals surface area contributed by atoms with Crippen LogP contribution >= 0.6 is 0 Å². The summed E-state index contributed by atoms with van der Waals surface area (Å²) in [7, 11) is 2.04. The monoisotopic (exact) mass is 240 g/mol. The molecule has 1 fully saturated rings. The minimum absolute atomic E-state index is 0.0400. The maximum Gasteiger partial charge on any atom is 0.142 e. The van der Waals surface area contributed by atoms with Gasteiger partial charge < -0.3 is 20.1 Å². The standard InChI is InChI=1S/C12H17FN2O2/c1-15-4-5-16-10(7-15)8-17-12-3-2-9(13)6-11(12)14/h2-3,6,10H,4-5,7-8,14H2,1H3. The summed E-state index contributed by atoms with van der Waals surface area (Å²) in [6.07, 6.45) is 0.0400. The van der Waals surface area contributed by atoms with E-state index >= 15 is 0 Å². The molecular weight excluding hydrogens is 223 g/mol. The molecule has 2 rings (SSSR count). The van der Waals surface area contributed by atoms with Crippen LogP contribution in [0.4, 0.5) is 10.1 Å².